The maximum absolute atomic E-state index is 13.6. The molecule has 0 N–H and O–H groups in total. The SMILES string of the molecule is Cc1cccc(OCc2ncc(Cl)n2C)c1F. The molecule has 0 aliphatic heterocycles. The van der Waals surface area contributed by atoms with E-state index in [-0.39, 0.29) is 18.2 Å². The van der Waals surface area contributed by atoms with Crippen LogP contribution in [0.3, 0.4) is 0 Å². The highest BCUT2D eigenvalue weighted by Crippen LogP contribution is 2.21. The third kappa shape index (κ3) is 2.42. The Hall–Kier alpha value is -1.55. The molecular formula is C12H12ClFN2O. The molecule has 0 fully saturated rings. The summed E-state index contributed by atoms with van der Waals surface area (Å²) in [6, 6.07) is 5.03. The van der Waals surface area contributed by atoms with Gasteiger partial charge in [0.1, 0.15) is 17.6 Å². The van der Waals surface area contributed by atoms with Crippen LogP contribution < -0.4 is 4.74 Å². The first-order valence-corrected chi connectivity index (χ1v) is 5.51. The molecule has 1 heterocycles. The number of nitrogens with zero attached hydrogens (tertiary/aromatic N) is 2. The highest BCUT2D eigenvalue weighted by atomic mass is 35.5. The topological polar surface area (TPSA) is 27.1 Å². The standard InChI is InChI=1S/C12H12ClFN2O/c1-8-4-3-5-9(12(8)14)17-7-11-15-6-10(13)16(11)2/h3-6H,7H2,1-2H3. The fourth-order valence-electron chi connectivity index (χ4n) is 1.43. The van der Waals surface area contributed by atoms with Gasteiger partial charge in [-0.3, -0.25) is 0 Å². The van der Waals surface area contributed by atoms with E-state index >= 15 is 0 Å². The van der Waals surface area contributed by atoms with E-state index in [1.165, 1.54) is 6.20 Å². The van der Waals surface area contributed by atoms with Gasteiger partial charge in [0.05, 0.1) is 6.20 Å². The lowest BCUT2D eigenvalue weighted by molar-refractivity contribution is 0.277. The molecule has 0 bridgehead atoms. The summed E-state index contributed by atoms with van der Waals surface area (Å²) < 4.78 is 20.7. The van der Waals surface area contributed by atoms with Gasteiger partial charge in [-0.2, -0.15) is 0 Å². The number of hydrogen-bond acceptors (Lipinski definition) is 2. The van der Waals surface area contributed by atoms with Crippen molar-refractivity contribution in [2.24, 2.45) is 7.05 Å². The van der Waals surface area contributed by atoms with Gasteiger partial charge >= 0.3 is 0 Å². The summed E-state index contributed by atoms with van der Waals surface area (Å²) in [6.07, 6.45) is 1.53. The quantitative estimate of drug-likeness (QED) is 0.842. The molecule has 0 saturated carbocycles. The molecule has 90 valence electrons. The van der Waals surface area contributed by atoms with E-state index in [1.54, 1.807) is 36.7 Å². The number of aromatic nitrogens is 2. The Morgan fingerprint density at radius 1 is 1.47 bits per heavy atom. The van der Waals surface area contributed by atoms with Crippen molar-refractivity contribution < 1.29 is 9.13 Å². The number of rotatable bonds is 3. The Kier molecular flexibility index (Phi) is 3.33. The van der Waals surface area contributed by atoms with Gasteiger partial charge in [-0.25, -0.2) is 9.37 Å². The molecule has 0 amide bonds. The minimum absolute atomic E-state index is 0.184. The van der Waals surface area contributed by atoms with Gasteiger partial charge in [0.2, 0.25) is 0 Å². The van der Waals surface area contributed by atoms with E-state index in [9.17, 15) is 4.39 Å². The van der Waals surface area contributed by atoms with Crippen molar-refractivity contribution in [3.05, 3.63) is 46.8 Å². The lowest BCUT2D eigenvalue weighted by Gasteiger charge is -2.08. The van der Waals surface area contributed by atoms with Crippen LogP contribution in [-0.2, 0) is 13.7 Å². The zero-order chi connectivity index (χ0) is 12.4. The van der Waals surface area contributed by atoms with Crippen molar-refractivity contribution in [3.63, 3.8) is 0 Å². The monoisotopic (exact) mass is 254 g/mol. The zero-order valence-electron chi connectivity index (χ0n) is 9.58. The predicted molar refractivity (Wildman–Crippen MR) is 63.7 cm³/mol. The molecule has 5 heteroatoms. The first-order chi connectivity index (χ1) is 8.09. The van der Waals surface area contributed by atoms with Gasteiger partial charge < -0.3 is 9.30 Å². The first kappa shape index (κ1) is 11.9. The minimum Gasteiger partial charge on any atom is -0.483 e. The average molecular weight is 255 g/mol. The summed E-state index contributed by atoms with van der Waals surface area (Å²) in [5.41, 5.74) is 0.556. The van der Waals surface area contributed by atoms with Crippen LogP contribution in [0.5, 0.6) is 5.75 Å². The number of imidazole rings is 1. The molecule has 0 aliphatic rings. The van der Waals surface area contributed by atoms with Gasteiger partial charge in [-0.1, -0.05) is 23.7 Å². The van der Waals surface area contributed by atoms with E-state index in [0.29, 0.717) is 16.5 Å². The minimum atomic E-state index is -0.340. The third-order valence-corrected chi connectivity index (χ3v) is 2.89. The first-order valence-electron chi connectivity index (χ1n) is 5.13. The van der Waals surface area contributed by atoms with Crippen molar-refractivity contribution >= 4 is 11.6 Å². The van der Waals surface area contributed by atoms with Gasteiger partial charge in [0.25, 0.3) is 0 Å². The third-order valence-electron chi connectivity index (χ3n) is 2.54. The number of hydrogen-bond donors (Lipinski definition) is 0. The van der Waals surface area contributed by atoms with Crippen molar-refractivity contribution in [1.82, 2.24) is 9.55 Å². The summed E-state index contributed by atoms with van der Waals surface area (Å²) in [7, 11) is 1.78. The zero-order valence-corrected chi connectivity index (χ0v) is 10.3. The van der Waals surface area contributed by atoms with E-state index in [4.69, 9.17) is 16.3 Å². The van der Waals surface area contributed by atoms with Gasteiger partial charge in [0, 0.05) is 7.05 Å². The Morgan fingerprint density at radius 3 is 2.88 bits per heavy atom. The Labute approximate surface area is 104 Å². The maximum Gasteiger partial charge on any atom is 0.167 e. The van der Waals surface area contributed by atoms with Gasteiger partial charge in [0.15, 0.2) is 11.6 Å². The summed E-state index contributed by atoms with van der Waals surface area (Å²) in [5.74, 6) is 0.535. The van der Waals surface area contributed by atoms with E-state index in [1.807, 2.05) is 0 Å². The highest BCUT2D eigenvalue weighted by molar-refractivity contribution is 6.29. The average Bonchev–Trinajstić information content (AvgIpc) is 2.62. The van der Waals surface area contributed by atoms with Crippen LogP contribution >= 0.6 is 11.6 Å². The molecule has 0 atom stereocenters. The highest BCUT2D eigenvalue weighted by Gasteiger charge is 2.09. The fraction of sp³-hybridized carbons (Fsp3) is 0.250. The lowest BCUT2D eigenvalue weighted by Crippen LogP contribution is -2.04. The van der Waals surface area contributed by atoms with Crippen molar-refractivity contribution in [1.29, 1.82) is 0 Å². The fourth-order valence-corrected chi connectivity index (χ4v) is 1.58. The Bertz CT molecular complexity index is 539. The van der Waals surface area contributed by atoms with Crippen molar-refractivity contribution in [3.8, 4) is 5.75 Å². The van der Waals surface area contributed by atoms with E-state index in [2.05, 4.69) is 4.98 Å². The molecule has 2 rings (SSSR count). The van der Waals surface area contributed by atoms with Gasteiger partial charge in [-0.05, 0) is 18.6 Å². The van der Waals surface area contributed by atoms with Crippen molar-refractivity contribution in [2.75, 3.05) is 0 Å². The van der Waals surface area contributed by atoms with Crippen LogP contribution in [0.2, 0.25) is 5.15 Å². The van der Waals surface area contributed by atoms with Crippen LogP contribution in [0.4, 0.5) is 4.39 Å². The maximum atomic E-state index is 13.6. The van der Waals surface area contributed by atoms with Gasteiger partial charge in [-0.15, -0.1) is 0 Å². The Morgan fingerprint density at radius 2 is 2.24 bits per heavy atom. The molecule has 0 spiro atoms. The summed E-state index contributed by atoms with van der Waals surface area (Å²) in [6.45, 7) is 1.88. The molecule has 17 heavy (non-hydrogen) atoms. The predicted octanol–water partition coefficient (Wildman–Crippen LogP) is 3.10. The lowest BCUT2D eigenvalue weighted by atomic mass is 10.2. The summed E-state index contributed by atoms with van der Waals surface area (Å²) in [4.78, 5) is 4.07. The molecule has 1 aromatic heterocycles. The number of aryl methyl sites for hydroxylation is 1. The molecular weight excluding hydrogens is 243 g/mol. The number of ether oxygens (including phenoxy) is 1. The van der Waals surface area contributed by atoms with Crippen LogP contribution in [0.15, 0.2) is 24.4 Å². The van der Waals surface area contributed by atoms with Crippen molar-refractivity contribution in [2.45, 2.75) is 13.5 Å². The van der Waals surface area contributed by atoms with E-state index < -0.39 is 0 Å². The summed E-state index contributed by atoms with van der Waals surface area (Å²) in [5, 5.41) is 0.522. The number of halogens is 2. The molecule has 0 aliphatic carbocycles. The second-order valence-electron chi connectivity index (χ2n) is 3.73. The molecule has 3 nitrogen and oxygen atoms in total. The largest absolute Gasteiger partial charge is 0.483 e. The van der Waals surface area contributed by atoms with Crippen LogP contribution in [0.25, 0.3) is 0 Å². The van der Waals surface area contributed by atoms with Crippen LogP contribution in [0, 0.1) is 12.7 Å². The summed E-state index contributed by atoms with van der Waals surface area (Å²) >= 11 is 5.84. The second kappa shape index (κ2) is 4.75. The smallest absolute Gasteiger partial charge is 0.167 e. The number of benzene rings is 1. The van der Waals surface area contributed by atoms with Crippen LogP contribution in [-0.4, -0.2) is 9.55 Å². The molecule has 1 aromatic carbocycles. The molecule has 0 radical (unpaired) electrons. The van der Waals surface area contributed by atoms with Crippen LogP contribution in [0.1, 0.15) is 11.4 Å². The second-order valence-corrected chi connectivity index (χ2v) is 4.12. The Balaban J connectivity index is 2.13. The normalized spacial score (nSPS) is 10.6. The van der Waals surface area contributed by atoms with E-state index in [0.717, 1.165) is 0 Å². The molecule has 0 unspecified atom stereocenters. The molecule has 2 aromatic rings. The molecule has 0 saturated heterocycles.